The molecule has 7 heteroatoms. The number of hydrogen-bond acceptors (Lipinski definition) is 4. The molecule has 1 unspecified atom stereocenters. The van der Waals surface area contributed by atoms with Gasteiger partial charge in [0.25, 0.3) is 10.0 Å². The molecule has 0 radical (unpaired) electrons. The molecule has 2 heterocycles. The van der Waals surface area contributed by atoms with Crippen LogP contribution < -0.4 is 9.04 Å². The standard InChI is InChI=1S/C15H15FN2O3S/c1-10-5-6-14(12(16)8-10)22(19,20)18-9-11(2)21-15-13(18)4-3-7-17-15/h3-8,11H,9H2,1-2H3. The molecule has 22 heavy (non-hydrogen) atoms. The summed E-state index contributed by atoms with van der Waals surface area (Å²) in [5.41, 5.74) is 0.981. The van der Waals surface area contributed by atoms with Crippen LogP contribution in [0.15, 0.2) is 41.4 Å². The molecule has 1 aromatic heterocycles. The van der Waals surface area contributed by atoms with Crippen LogP contribution in [0.4, 0.5) is 10.1 Å². The lowest BCUT2D eigenvalue weighted by molar-refractivity contribution is 0.210. The highest BCUT2D eigenvalue weighted by molar-refractivity contribution is 7.92. The normalized spacial score (nSPS) is 17.8. The smallest absolute Gasteiger partial charge is 0.267 e. The first-order valence-corrected chi connectivity index (χ1v) is 8.24. The fourth-order valence-corrected chi connectivity index (χ4v) is 3.97. The van der Waals surface area contributed by atoms with E-state index in [0.29, 0.717) is 11.3 Å². The topological polar surface area (TPSA) is 59.5 Å². The summed E-state index contributed by atoms with van der Waals surface area (Å²) in [6, 6.07) is 7.28. The molecule has 0 N–H and O–H groups in total. The van der Waals surface area contributed by atoms with Gasteiger partial charge in [0, 0.05) is 6.20 Å². The Labute approximate surface area is 128 Å². The first-order valence-electron chi connectivity index (χ1n) is 6.80. The third-order valence-electron chi connectivity index (χ3n) is 3.41. The van der Waals surface area contributed by atoms with Gasteiger partial charge in [-0.2, -0.15) is 0 Å². The Morgan fingerprint density at radius 3 is 2.86 bits per heavy atom. The Kier molecular flexibility index (Phi) is 3.52. The second-order valence-corrected chi connectivity index (χ2v) is 7.06. The van der Waals surface area contributed by atoms with Crippen LogP contribution in [-0.4, -0.2) is 26.1 Å². The number of halogens is 1. The Bertz CT molecular complexity index is 823. The predicted octanol–water partition coefficient (Wildman–Crippen LogP) is 2.51. The average Bonchev–Trinajstić information content (AvgIpc) is 2.45. The van der Waals surface area contributed by atoms with Gasteiger partial charge in [-0.3, -0.25) is 4.31 Å². The number of anilines is 1. The number of benzene rings is 1. The molecule has 0 spiro atoms. The Balaban J connectivity index is 2.13. The minimum absolute atomic E-state index is 0.105. The zero-order valence-electron chi connectivity index (χ0n) is 12.2. The molecule has 0 fully saturated rings. The van der Waals surface area contributed by atoms with Crippen LogP contribution in [0.3, 0.4) is 0 Å². The van der Waals surface area contributed by atoms with E-state index < -0.39 is 15.8 Å². The first-order chi connectivity index (χ1) is 10.4. The molecule has 116 valence electrons. The second-order valence-electron chi connectivity index (χ2n) is 5.23. The summed E-state index contributed by atoms with van der Waals surface area (Å²) in [7, 11) is -4.02. The number of aromatic nitrogens is 1. The third kappa shape index (κ3) is 2.41. The van der Waals surface area contributed by atoms with Gasteiger partial charge in [0.1, 0.15) is 22.5 Å². The number of fused-ring (bicyclic) bond motifs is 1. The number of aryl methyl sites for hydroxylation is 1. The number of ether oxygens (including phenoxy) is 1. The molecular formula is C15H15FN2O3S. The van der Waals surface area contributed by atoms with Crippen LogP contribution in [-0.2, 0) is 10.0 Å². The quantitative estimate of drug-likeness (QED) is 0.852. The Morgan fingerprint density at radius 1 is 1.36 bits per heavy atom. The lowest BCUT2D eigenvalue weighted by Crippen LogP contribution is -2.42. The van der Waals surface area contributed by atoms with Crippen LogP contribution in [0, 0.1) is 12.7 Å². The number of rotatable bonds is 2. The van der Waals surface area contributed by atoms with Crippen molar-refractivity contribution in [1.29, 1.82) is 0 Å². The summed E-state index contributed by atoms with van der Waals surface area (Å²) < 4.78 is 46.5. The maximum absolute atomic E-state index is 14.1. The van der Waals surface area contributed by atoms with Gasteiger partial charge in [-0.15, -0.1) is 0 Å². The van der Waals surface area contributed by atoms with Crippen LogP contribution in [0.5, 0.6) is 5.88 Å². The first kappa shape index (κ1) is 14.8. The van der Waals surface area contributed by atoms with Crippen LogP contribution in [0.2, 0.25) is 0 Å². The summed E-state index contributed by atoms with van der Waals surface area (Å²) >= 11 is 0. The van der Waals surface area contributed by atoms with E-state index in [1.807, 2.05) is 0 Å². The highest BCUT2D eigenvalue weighted by Gasteiger charge is 2.35. The zero-order chi connectivity index (χ0) is 15.9. The molecule has 5 nitrogen and oxygen atoms in total. The van der Waals surface area contributed by atoms with Crippen molar-refractivity contribution in [2.24, 2.45) is 0 Å². The Morgan fingerprint density at radius 2 is 2.14 bits per heavy atom. The van der Waals surface area contributed by atoms with E-state index in [2.05, 4.69) is 4.98 Å². The average molecular weight is 322 g/mol. The molecule has 1 atom stereocenters. The summed E-state index contributed by atoms with van der Waals surface area (Å²) in [6.45, 7) is 3.55. The molecule has 1 aromatic carbocycles. The van der Waals surface area contributed by atoms with Crippen LogP contribution >= 0.6 is 0 Å². The summed E-state index contributed by atoms with van der Waals surface area (Å²) in [5.74, 6) is -0.526. The van der Waals surface area contributed by atoms with Crippen molar-refractivity contribution < 1.29 is 17.5 Å². The lowest BCUT2D eigenvalue weighted by atomic mass is 10.2. The second kappa shape index (κ2) is 5.24. The van der Waals surface area contributed by atoms with E-state index in [4.69, 9.17) is 4.74 Å². The third-order valence-corrected chi connectivity index (χ3v) is 5.22. The molecule has 1 aliphatic rings. The summed E-state index contributed by atoms with van der Waals surface area (Å²) in [4.78, 5) is 3.70. The van der Waals surface area contributed by atoms with E-state index in [9.17, 15) is 12.8 Å². The number of nitrogens with zero attached hydrogens (tertiary/aromatic N) is 2. The summed E-state index contributed by atoms with van der Waals surface area (Å²) in [5, 5.41) is 0. The van der Waals surface area contributed by atoms with Crippen molar-refractivity contribution in [3.63, 3.8) is 0 Å². The van der Waals surface area contributed by atoms with Gasteiger partial charge in [0.15, 0.2) is 0 Å². The van der Waals surface area contributed by atoms with Crippen molar-refractivity contribution in [2.75, 3.05) is 10.8 Å². The molecule has 0 saturated heterocycles. The van der Waals surface area contributed by atoms with Gasteiger partial charge in [0.05, 0.1) is 6.54 Å². The number of sulfonamides is 1. The van der Waals surface area contributed by atoms with Gasteiger partial charge in [-0.1, -0.05) is 6.07 Å². The largest absolute Gasteiger partial charge is 0.471 e. The van der Waals surface area contributed by atoms with Crippen molar-refractivity contribution in [3.8, 4) is 5.88 Å². The number of hydrogen-bond donors (Lipinski definition) is 0. The van der Waals surface area contributed by atoms with Gasteiger partial charge < -0.3 is 4.74 Å². The van der Waals surface area contributed by atoms with Crippen molar-refractivity contribution in [2.45, 2.75) is 24.8 Å². The van der Waals surface area contributed by atoms with E-state index in [-0.39, 0.29) is 23.4 Å². The minimum Gasteiger partial charge on any atom is -0.471 e. The maximum atomic E-state index is 14.1. The van der Waals surface area contributed by atoms with Gasteiger partial charge in [-0.05, 0) is 43.7 Å². The van der Waals surface area contributed by atoms with E-state index >= 15 is 0 Å². The van der Waals surface area contributed by atoms with Gasteiger partial charge in [-0.25, -0.2) is 17.8 Å². The molecule has 0 amide bonds. The summed E-state index contributed by atoms with van der Waals surface area (Å²) in [6.07, 6.45) is 1.15. The lowest BCUT2D eigenvalue weighted by Gasteiger charge is -2.33. The van der Waals surface area contributed by atoms with E-state index in [1.54, 1.807) is 32.0 Å². The number of pyridine rings is 1. The highest BCUT2D eigenvalue weighted by Crippen LogP contribution is 2.35. The molecule has 2 aromatic rings. The molecule has 1 aliphatic heterocycles. The van der Waals surface area contributed by atoms with E-state index in [0.717, 1.165) is 4.31 Å². The van der Waals surface area contributed by atoms with Crippen molar-refractivity contribution >= 4 is 15.7 Å². The Hall–Kier alpha value is -2.15. The maximum Gasteiger partial charge on any atom is 0.267 e. The van der Waals surface area contributed by atoms with Crippen molar-refractivity contribution in [3.05, 3.63) is 47.9 Å². The highest BCUT2D eigenvalue weighted by atomic mass is 32.2. The molecular weight excluding hydrogens is 307 g/mol. The molecule has 0 bridgehead atoms. The zero-order valence-corrected chi connectivity index (χ0v) is 13.0. The minimum atomic E-state index is -4.02. The molecule has 0 aliphatic carbocycles. The van der Waals surface area contributed by atoms with Crippen LogP contribution in [0.25, 0.3) is 0 Å². The van der Waals surface area contributed by atoms with Gasteiger partial charge in [0.2, 0.25) is 5.88 Å². The molecule has 3 rings (SSSR count). The SMILES string of the molecule is Cc1ccc(S(=O)(=O)N2CC(C)Oc3ncccc32)c(F)c1. The monoisotopic (exact) mass is 322 g/mol. The predicted molar refractivity (Wildman–Crippen MR) is 80.0 cm³/mol. The molecule has 0 saturated carbocycles. The van der Waals surface area contributed by atoms with E-state index in [1.165, 1.54) is 18.3 Å². The van der Waals surface area contributed by atoms with Crippen molar-refractivity contribution in [1.82, 2.24) is 4.98 Å². The van der Waals surface area contributed by atoms with Crippen LogP contribution in [0.1, 0.15) is 12.5 Å². The fraction of sp³-hybridized carbons (Fsp3) is 0.267. The van der Waals surface area contributed by atoms with Gasteiger partial charge >= 0.3 is 0 Å². The fourth-order valence-electron chi connectivity index (χ4n) is 2.38.